The summed E-state index contributed by atoms with van der Waals surface area (Å²) in [4.78, 5) is 19.9. The lowest BCUT2D eigenvalue weighted by molar-refractivity contribution is -0.122. The van der Waals surface area contributed by atoms with Crippen LogP contribution in [0.15, 0.2) is 34.1 Å². The Kier molecular flexibility index (Phi) is 5.72. The van der Waals surface area contributed by atoms with E-state index >= 15 is 0 Å². The van der Waals surface area contributed by atoms with Gasteiger partial charge >= 0.3 is 0 Å². The normalized spacial score (nSPS) is 20.6. The van der Waals surface area contributed by atoms with Gasteiger partial charge < -0.3 is 4.74 Å². The van der Waals surface area contributed by atoms with Gasteiger partial charge in [-0.1, -0.05) is 40.9 Å². The quantitative estimate of drug-likeness (QED) is 0.642. The second-order valence-electron chi connectivity index (χ2n) is 7.09. The topological polar surface area (TPSA) is 42.4 Å². The van der Waals surface area contributed by atoms with Gasteiger partial charge in [-0.2, -0.15) is 0 Å². The van der Waals surface area contributed by atoms with E-state index in [9.17, 15) is 4.79 Å². The number of hydrogen-bond donors (Lipinski definition) is 0. The summed E-state index contributed by atoms with van der Waals surface area (Å²) in [5, 5.41) is 2.85. The summed E-state index contributed by atoms with van der Waals surface area (Å²) < 4.78 is 6.85. The van der Waals surface area contributed by atoms with Crippen LogP contribution in [-0.2, 0) is 9.53 Å². The molecule has 2 heterocycles. The van der Waals surface area contributed by atoms with Crippen molar-refractivity contribution < 1.29 is 9.53 Å². The zero-order valence-electron chi connectivity index (χ0n) is 14.7. The molecule has 4 rings (SSSR count). The van der Waals surface area contributed by atoms with E-state index in [1.807, 2.05) is 34.5 Å². The second kappa shape index (κ2) is 8.19. The van der Waals surface area contributed by atoms with E-state index in [0.717, 1.165) is 66.0 Å². The molecule has 2 fully saturated rings. The molecule has 0 bridgehead atoms. The molecular formula is C20H23BrN2O2S. The molecule has 4 nitrogen and oxygen atoms in total. The molecule has 26 heavy (non-hydrogen) atoms. The van der Waals surface area contributed by atoms with E-state index in [4.69, 9.17) is 9.72 Å². The number of rotatable bonds is 5. The lowest BCUT2D eigenvalue weighted by atomic mass is 10.1. The van der Waals surface area contributed by atoms with Gasteiger partial charge in [-0.05, 0) is 37.8 Å². The number of benzene rings is 1. The van der Waals surface area contributed by atoms with Gasteiger partial charge in [0.25, 0.3) is 0 Å². The van der Waals surface area contributed by atoms with Crippen molar-refractivity contribution >= 4 is 38.3 Å². The molecule has 138 valence electrons. The molecule has 1 aliphatic heterocycles. The minimum atomic E-state index is 0.139. The largest absolute Gasteiger partial charge is 0.376 e. The summed E-state index contributed by atoms with van der Waals surface area (Å²) in [6, 6.07) is 8.13. The summed E-state index contributed by atoms with van der Waals surface area (Å²) in [7, 11) is 0. The average molecular weight is 435 g/mol. The molecule has 1 atom stereocenters. The van der Waals surface area contributed by atoms with Crippen LogP contribution in [0.1, 0.15) is 38.5 Å². The Bertz CT molecular complexity index is 749. The van der Waals surface area contributed by atoms with Gasteiger partial charge in [0, 0.05) is 27.9 Å². The first kappa shape index (κ1) is 18.1. The maximum absolute atomic E-state index is 13.2. The number of thiazole rings is 1. The number of carbonyl (C=O) groups excluding carboxylic acids is 1. The van der Waals surface area contributed by atoms with Gasteiger partial charge in [-0.15, -0.1) is 11.3 Å². The minimum Gasteiger partial charge on any atom is -0.376 e. The fourth-order valence-corrected chi connectivity index (χ4v) is 4.90. The van der Waals surface area contributed by atoms with Gasteiger partial charge in [0.15, 0.2) is 5.13 Å². The molecule has 2 aliphatic rings. The highest BCUT2D eigenvalue weighted by Gasteiger charge is 2.32. The molecule has 6 heteroatoms. The van der Waals surface area contributed by atoms with Crippen LogP contribution in [0.2, 0.25) is 0 Å². The zero-order chi connectivity index (χ0) is 17.9. The van der Waals surface area contributed by atoms with Gasteiger partial charge in [0.1, 0.15) is 0 Å². The Morgan fingerprint density at radius 2 is 1.96 bits per heavy atom. The van der Waals surface area contributed by atoms with Crippen molar-refractivity contribution in [1.29, 1.82) is 0 Å². The lowest BCUT2D eigenvalue weighted by Crippen LogP contribution is -2.40. The number of hydrogen-bond acceptors (Lipinski definition) is 4. The van der Waals surface area contributed by atoms with E-state index in [1.54, 1.807) is 11.3 Å². The number of carbonyl (C=O) groups is 1. The van der Waals surface area contributed by atoms with Crippen molar-refractivity contribution in [3.63, 3.8) is 0 Å². The minimum absolute atomic E-state index is 0.139. The zero-order valence-corrected chi connectivity index (χ0v) is 17.1. The van der Waals surface area contributed by atoms with Gasteiger partial charge in [-0.25, -0.2) is 4.98 Å². The molecule has 1 amide bonds. The number of nitrogens with zero attached hydrogens (tertiary/aromatic N) is 2. The molecule has 1 saturated carbocycles. The molecule has 0 N–H and O–H groups in total. The number of anilines is 1. The van der Waals surface area contributed by atoms with Crippen molar-refractivity contribution in [2.45, 2.75) is 44.6 Å². The highest BCUT2D eigenvalue weighted by molar-refractivity contribution is 9.10. The standard InChI is InChI=1S/C20H23BrN2O2S/c21-16-9-7-14(8-10-16)18-13-26-20(22-18)23(12-17-6-3-11-25-17)19(24)15-4-1-2-5-15/h7-10,13,15,17H,1-6,11-12H2/t17-/m1/s1. The van der Waals surface area contributed by atoms with Crippen molar-refractivity contribution in [2.24, 2.45) is 5.92 Å². The van der Waals surface area contributed by atoms with Gasteiger partial charge in [-0.3, -0.25) is 9.69 Å². The van der Waals surface area contributed by atoms with E-state index in [1.165, 1.54) is 0 Å². The van der Waals surface area contributed by atoms with Crippen molar-refractivity contribution in [1.82, 2.24) is 4.98 Å². The SMILES string of the molecule is O=C(C1CCCC1)N(C[C@H]1CCCO1)c1nc(-c2ccc(Br)cc2)cs1. The Labute approximate surface area is 166 Å². The summed E-state index contributed by atoms with van der Waals surface area (Å²) in [6.45, 7) is 1.43. The van der Waals surface area contributed by atoms with Crippen LogP contribution in [0.25, 0.3) is 11.3 Å². The van der Waals surface area contributed by atoms with Crippen LogP contribution in [0.4, 0.5) is 5.13 Å². The lowest BCUT2D eigenvalue weighted by Gasteiger charge is -2.25. The third-order valence-corrected chi connectivity index (χ3v) is 6.64. The molecule has 0 radical (unpaired) electrons. The van der Waals surface area contributed by atoms with Crippen molar-refractivity contribution in [3.05, 3.63) is 34.1 Å². The number of amides is 1. The number of halogens is 1. The highest BCUT2D eigenvalue weighted by atomic mass is 79.9. The Morgan fingerprint density at radius 1 is 1.19 bits per heavy atom. The van der Waals surface area contributed by atoms with Crippen molar-refractivity contribution in [2.75, 3.05) is 18.1 Å². The monoisotopic (exact) mass is 434 g/mol. The molecule has 1 aromatic carbocycles. The first-order valence-electron chi connectivity index (χ1n) is 9.35. The van der Waals surface area contributed by atoms with Crippen LogP contribution in [0.3, 0.4) is 0 Å². The number of aromatic nitrogens is 1. The van der Waals surface area contributed by atoms with Gasteiger partial charge in [0.05, 0.1) is 18.3 Å². The Hall–Kier alpha value is -1.24. The maximum Gasteiger partial charge on any atom is 0.231 e. The molecule has 1 aliphatic carbocycles. The number of ether oxygens (including phenoxy) is 1. The van der Waals surface area contributed by atoms with E-state index in [2.05, 4.69) is 15.9 Å². The molecule has 0 spiro atoms. The second-order valence-corrected chi connectivity index (χ2v) is 8.84. The molecular weight excluding hydrogens is 412 g/mol. The first-order chi connectivity index (χ1) is 12.7. The first-order valence-corrected chi connectivity index (χ1v) is 11.0. The Balaban J connectivity index is 1.58. The summed E-state index contributed by atoms with van der Waals surface area (Å²) >= 11 is 5.02. The van der Waals surface area contributed by atoms with Crippen LogP contribution in [-0.4, -0.2) is 30.1 Å². The molecule has 0 unspecified atom stereocenters. The maximum atomic E-state index is 13.2. The van der Waals surface area contributed by atoms with E-state index in [0.29, 0.717) is 6.54 Å². The van der Waals surface area contributed by atoms with Crippen LogP contribution in [0.5, 0.6) is 0 Å². The van der Waals surface area contributed by atoms with E-state index < -0.39 is 0 Å². The fraction of sp³-hybridized carbons (Fsp3) is 0.500. The molecule has 2 aromatic rings. The molecule has 1 saturated heterocycles. The average Bonchev–Trinajstić information content (AvgIpc) is 3.42. The molecule has 1 aromatic heterocycles. The summed E-state index contributed by atoms with van der Waals surface area (Å²) in [5.41, 5.74) is 2.00. The predicted octanol–water partition coefficient (Wildman–Crippen LogP) is 5.27. The van der Waals surface area contributed by atoms with E-state index in [-0.39, 0.29) is 17.9 Å². The highest BCUT2D eigenvalue weighted by Crippen LogP contribution is 2.33. The van der Waals surface area contributed by atoms with Crippen LogP contribution < -0.4 is 4.90 Å². The van der Waals surface area contributed by atoms with Crippen molar-refractivity contribution in [3.8, 4) is 11.3 Å². The third-order valence-electron chi connectivity index (χ3n) is 5.24. The van der Waals surface area contributed by atoms with Crippen LogP contribution in [0, 0.1) is 5.92 Å². The Morgan fingerprint density at radius 3 is 2.65 bits per heavy atom. The predicted molar refractivity (Wildman–Crippen MR) is 109 cm³/mol. The smallest absolute Gasteiger partial charge is 0.231 e. The third kappa shape index (κ3) is 4.02. The van der Waals surface area contributed by atoms with Crippen LogP contribution >= 0.6 is 27.3 Å². The van der Waals surface area contributed by atoms with Gasteiger partial charge in [0.2, 0.25) is 5.91 Å². The fourth-order valence-electron chi connectivity index (χ4n) is 3.79. The summed E-state index contributed by atoms with van der Waals surface area (Å²) in [6.07, 6.45) is 6.58. The summed E-state index contributed by atoms with van der Waals surface area (Å²) in [5.74, 6) is 0.381.